The van der Waals surface area contributed by atoms with Gasteiger partial charge >= 0.3 is 0 Å². The lowest BCUT2D eigenvalue weighted by molar-refractivity contribution is 1.61. The van der Waals surface area contributed by atoms with Gasteiger partial charge in [0.2, 0.25) is 0 Å². The van der Waals surface area contributed by atoms with Gasteiger partial charge in [-0.2, -0.15) is 0 Å². The second-order valence-corrected chi connectivity index (χ2v) is 15.3. The quantitative estimate of drug-likeness (QED) is 0.164. The highest BCUT2D eigenvalue weighted by molar-refractivity contribution is 7.33. The summed E-state index contributed by atoms with van der Waals surface area (Å²) in [6.07, 6.45) is 0. The summed E-state index contributed by atoms with van der Waals surface area (Å²) in [5, 5.41) is 13.2. The zero-order valence-electron chi connectivity index (χ0n) is 27.0. The lowest BCUT2D eigenvalue weighted by Gasteiger charge is -2.18. The van der Waals surface area contributed by atoms with E-state index in [0.717, 1.165) is 0 Å². The third-order valence-corrected chi connectivity index (χ3v) is 13.0. The van der Waals surface area contributed by atoms with E-state index >= 15 is 0 Å². The lowest BCUT2D eigenvalue weighted by atomic mass is 9.85. The van der Waals surface area contributed by atoms with E-state index in [1.165, 1.54) is 106 Å². The molecule has 232 valence electrons. The minimum Gasteiger partial charge on any atom is -0.134 e. The van der Waals surface area contributed by atoms with Crippen molar-refractivity contribution in [3.8, 4) is 33.4 Å². The van der Waals surface area contributed by atoms with Crippen molar-refractivity contribution < 1.29 is 0 Å². The average molecular weight is 669 g/mol. The van der Waals surface area contributed by atoms with Crippen molar-refractivity contribution in [1.29, 1.82) is 0 Å². The van der Waals surface area contributed by atoms with Gasteiger partial charge in [-0.1, -0.05) is 158 Å². The van der Waals surface area contributed by atoms with Crippen LogP contribution >= 0.6 is 22.7 Å². The molecule has 50 heavy (non-hydrogen) atoms. The van der Waals surface area contributed by atoms with Crippen LogP contribution in [-0.4, -0.2) is 0 Å². The van der Waals surface area contributed by atoms with Crippen molar-refractivity contribution in [1.82, 2.24) is 0 Å². The molecule has 2 heterocycles. The van der Waals surface area contributed by atoms with Gasteiger partial charge in [-0.25, -0.2) is 0 Å². The summed E-state index contributed by atoms with van der Waals surface area (Å²) in [7, 11) is 0. The first kappa shape index (κ1) is 28.1. The predicted molar refractivity (Wildman–Crippen MR) is 221 cm³/mol. The van der Waals surface area contributed by atoms with Crippen LogP contribution in [-0.2, 0) is 0 Å². The normalized spacial score (nSPS) is 12.0. The van der Waals surface area contributed by atoms with Crippen LogP contribution < -0.4 is 0 Å². The van der Waals surface area contributed by atoms with Gasteiger partial charge in [0.05, 0.1) is 9.40 Å². The molecule has 2 heteroatoms. The Morgan fingerprint density at radius 1 is 0.280 bits per heavy atom. The third-order valence-electron chi connectivity index (χ3n) is 10.5. The predicted octanol–water partition coefficient (Wildman–Crippen LogP) is 14.9. The number of hydrogen-bond donors (Lipinski definition) is 0. The van der Waals surface area contributed by atoms with E-state index in [4.69, 9.17) is 0 Å². The van der Waals surface area contributed by atoms with Gasteiger partial charge in [0.15, 0.2) is 0 Å². The van der Waals surface area contributed by atoms with Crippen LogP contribution in [0.1, 0.15) is 0 Å². The van der Waals surface area contributed by atoms with E-state index < -0.39 is 0 Å². The highest BCUT2D eigenvalue weighted by Gasteiger charge is 2.19. The highest BCUT2D eigenvalue weighted by Crippen LogP contribution is 2.48. The third kappa shape index (κ3) is 4.10. The molecule has 0 radical (unpaired) electrons. The molecule has 11 aromatic rings. The minimum atomic E-state index is 1.23. The summed E-state index contributed by atoms with van der Waals surface area (Å²) < 4.78 is 5.48. The van der Waals surface area contributed by atoms with Gasteiger partial charge in [-0.15, -0.1) is 22.7 Å². The van der Waals surface area contributed by atoms with Crippen LogP contribution in [0.2, 0.25) is 0 Å². The molecule has 0 aliphatic heterocycles. The second-order valence-electron chi connectivity index (χ2n) is 13.2. The van der Waals surface area contributed by atoms with Gasteiger partial charge in [-0.05, 0) is 77.8 Å². The summed E-state index contributed by atoms with van der Waals surface area (Å²) in [5.74, 6) is 0. The molecular formula is C48H28S2. The molecule has 11 rings (SSSR count). The molecule has 0 atom stereocenters. The van der Waals surface area contributed by atoms with Crippen LogP contribution in [0.25, 0.3) is 106 Å². The Hall–Kier alpha value is -5.80. The largest absolute Gasteiger partial charge is 0.134 e. The molecule has 0 saturated heterocycles. The smallest absolute Gasteiger partial charge is 0.0534 e. The fourth-order valence-electron chi connectivity index (χ4n) is 8.20. The molecule has 0 bridgehead atoms. The topological polar surface area (TPSA) is 0 Å². The summed E-state index contributed by atoms with van der Waals surface area (Å²) in [6, 6.07) is 62.9. The maximum atomic E-state index is 2.44. The fraction of sp³-hybridized carbons (Fsp3) is 0. The van der Waals surface area contributed by atoms with Crippen molar-refractivity contribution in [3.63, 3.8) is 0 Å². The SMILES string of the molecule is c1ccc(-c2ccc(-c3c4ccccc4c(-c4ccc5c(c4)sc4c5ccc5c4sc4ccc6ccccc6c45)c4ccccc34)cc2)cc1. The molecule has 0 aliphatic rings. The standard InChI is InChI=1S/C48H28S2/c1-2-10-29(11-3-1)30-18-20-32(21-19-30)44-36-14-6-8-16-38(36)45(39-17-9-7-15-37(39)44)33-22-24-35-40-25-26-41-46-34-13-5-4-12-31(34)23-27-42(46)49-48(41)47(40)50-43(35)28-33/h1-28H. The average Bonchev–Trinajstić information content (AvgIpc) is 3.76. The van der Waals surface area contributed by atoms with E-state index in [0.29, 0.717) is 0 Å². The first-order chi connectivity index (χ1) is 24.8. The number of rotatable bonds is 3. The monoisotopic (exact) mass is 668 g/mol. The Bertz CT molecular complexity index is 3070. The van der Waals surface area contributed by atoms with Gasteiger partial charge < -0.3 is 0 Å². The van der Waals surface area contributed by atoms with Crippen molar-refractivity contribution in [2.24, 2.45) is 0 Å². The molecule has 0 N–H and O–H groups in total. The zero-order chi connectivity index (χ0) is 32.8. The molecule has 9 aromatic carbocycles. The molecule has 0 spiro atoms. The molecule has 0 fully saturated rings. The van der Waals surface area contributed by atoms with Crippen molar-refractivity contribution in [3.05, 3.63) is 170 Å². The van der Waals surface area contributed by atoms with E-state index in [2.05, 4.69) is 170 Å². The van der Waals surface area contributed by atoms with Gasteiger partial charge in [0.1, 0.15) is 0 Å². The van der Waals surface area contributed by atoms with Crippen LogP contribution in [0.3, 0.4) is 0 Å². The summed E-state index contributed by atoms with van der Waals surface area (Å²) in [5.41, 5.74) is 7.57. The molecule has 0 aliphatic carbocycles. The summed E-state index contributed by atoms with van der Waals surface area (Å²) >= 11 is 3.88. The molecule has 0 nitrogen and oxygen atoms in total. The van der Waals surface area contributed by atoms with Gasteiger partial charge in [0, 0.05) is 30.9 Å². The summed E-state index contributed by atoms with van der Waals surface area (Å²) in [6.45, 7) is 0. The Labute approximate surface area is 297 Å². The molecular weight excluding hydrogens is 641 g/mol. The Morgan fingerprint density at radius 2 is 0.780 bits per heavy atom. The van der Waals surface area contributed by atoms with Crippen molar-refractivity contribution in [2.45, 2.75) is 0 Å². The molecule has 0 saturated carbocycles. The van der Waals surface area contributed by atoms with Crippen molar-refractivity contribution >= 4 is 95.3 Å². The Kier molecular flexibility index (Phi) is 6.09. The second kappa shape index (κ2) is 10.9. The number of thiophene rings is 2. The van der Waals surface area contributed by atoms with E-state index in [1.54, 1.807) is 0 Å². The molecule has 2 aromatic heterocycles. The van der Waals surface area contributed by atoms with Crippen LogP contribution in [0.15, 0.2) is 170 Å². The molecule has 0 amide bonds. The minimum absolute atomic E-state index is 1.23. The number of benzene rings is 9. The van der Waals surface area contributed by atoms with Crippen molar-refractivity contribution in [2.75, 3.05) is 0 Å². The first-order valence-corrected chi connectivity index (χ1v) is 18.7. The maximum absolute atomic E-state index is 2.44. The Balaban J connectivity index is 1.12. The van der Waals surface area contributed by atoms with E-state index in [-0.39, 0.29) is 0 Å². The zero-order valence-corrected chi connectivity index (χ0v) is 28.6. The molecule has 0 unspecified atom stereocenters. The highest BCUT2D eigenvalue weighted by atomic mass is 32.1. The fourth-order valence-corrected chi connectivity index (χ4v) is 10.8. The van der Waals surface area contributed by atoms with E-state index in [9.17, 15) is 0 Å². The Morgan fingerprint density at radius 3 is 1.50 bits per heavy atom. The number of fused-ring (bicyclic) bond motifs is 11. The first-order valence-electron chi connectivity index (χ1n) is 17.1. The maximum Gasteiger partial charge on any atom is 0.0534 e. The number of hydrogen-bond acceptors (Lipinski definition) is 2. The van der Waals surface area contributed by atoms with Crippen LogP contribution in [0, 0.1) is 0 Å². The van der Waals surface area contributed by atoms with Crippen LogP contribution in [0.5, 0.6) is 0 Å². The van der Waals surface area contributed by atoms with Crippen LogP contribution in [0.4, 0.5) is 0 Å². The van der Waals surface area contributed by atoms with Gasteiger partial charge in [-0.3, -0.25) is 0 Å². The van der Waals surface area contributed by atoms with E-state index in [1.807, 2.05) is 22.7 Å². The lowest BCUT2D eigenvalue weighted by Crippen LogP contribution is -1.90. The van der Waals surface area contributed by atoms with Gasteiger partial charge in [0.25, 0.3) is 0 Å². The summed E-state index contributed by atoms with van der Waals surface area (Å²) in [4.78, 5) is 0.